The van der Waals surface area contributed by atoms with Crippen molar-refractivity contribution in [3.05, 3.63) is 34.9 Å². The zero-order valence-corrected chi connectivity index (χ0v) is 12.6. The lowest BCUT2D eigenvalue weighted by Gasteiger charge is -2.19. The van der Waals surface area contributed by atoms with Gasteiger partial charge in [0, 0.05) is 11.6 Å². The number of halogens is 1. The standard InChI is InChI=1S/C13H17ClN2O3S/c1-20-7-6-11(12(17)18)16-13(19)15-8-9-2-4-10(14)5-3-9/h2-5,11H,6-8H2,1H3,(H,17,18)(H2,15,16,19)/p-1/t11-/m0/s1. The molecule has 20 heavy (non-hydrogen) atoms. The number of amides is 2. The molecule has 7 heteroatoms. The Morgan fingerprint density at radius 3 is 2.55 bits per heavy atom. The van der Waals surface area contributed by atoms with Crippen LogP contribution in [0.2, 0.25) is 5.02 Å². The summed E-state index contributed by atoms with van der Waals surface area (Å²) in [5.74, 6) is -0.642. The number of urea groups is 1. The van der Waals surface area contributed by atoms with Crippen LogP contribution in [-0.2, 0) is 11.3 Å². The molecule has 0 radical (unpaired) electrons. The first kappa shape index (κ1) is 16.7. The van der Waals surface area contributed by atoms with E-state index in [1.165, 1.54) is 11.8 Å². The fourth-order valence-electron chi connectivity index (χ4n) is 1.48. The molecule has 110 valence electrons. The molecule has 0 aliphatic heterocycles. The van der Waals surface area contributed by atoms with Crippen molar-refractivity contribution >= 4 is 35.4 Å². The molecule has 1 atom stereocenters. The van der Waals surface area contributed by atoms with Crippen LogP contribution in [0.3, 0.4) is 0 Å². The van der Waals surface area contributed by atoms with Crippen LogP contribution in [0.5, 0.6) is 0 Å². The van der Waals surface area contributed by atoms with Crippen molar-refractivity contribution in [2.45, 2.75) is 19.0 Å². The predicted octanol–water partition coefficient (Wildman–Crippen LogP) is 1.01. The molecule has 2 amide bonds. The van der Waals surface area contributed by atoms with E-state index in [4.69, 9.17) is 11.6 Å². The molecule has 0 saturated heterocycles. The van der Waals surface area contributed by atoms with Crippen LogP contribution in [0, 0.1) is 0 Å². The Hall–Kier alpha value is -1.40. The van der Waals surface area contributed by atoms with Gasteiger partial charge in [0.05, 0.1) is 12.0 Å². The molecule has 2 N–H and O–H groups in total. The van der Waals surface area contributed by atoms with Crippen LogP contribution in [-0.4, -0.2) is 30.1 Å². The van der Waals surface area contributed by atoms with Crippen LogP contribution >= 0.6 is 23.4 Å². The zero-order chi connectivity index (χ0) is 15.0. The maximum Gasteiger partial charge on any atom is 0.315 e. The number of carboxylic acid groups (broad SMARTS) is 1. The number of hydrogen-bond donors (Lipinski definition) is 2. The summed E-state index contributed by atoms with van der Waals surface area (Å²) >= 11 is 7.26. The largest absolute Gasteiger partial charge is 0.548 e. The van der Waals surface area contributed by atoms with Gasteiger partial charge in [0.2, 0.25) is 0 Å². The Morgan fingerprint density at radius 2 is 2.00 bits per heavy atom. The summed E-state index contributed by atoms with van der Waals surface area (Å²) in [6, 6.07) is 5.50. The lowest BCUT2D eigenvalue weighted by Crippen LogP contribution is -2.51. The van der Waals surface area contributed by atoms with Crippen molar-refractivity contribution in [1.29, 1.82) is 0 Å². The second-order valence-electron chi connectivity index (χ2n) is 4.11. The smallest absolute Gasteiger partial charge is 0.315 e. The Balaban J connectivity index is 2.41. The maximum absolute atomic E-state index is 11.6. The van der Waals surface area contributed by atoms with Crippen molar-refractivity contribution in [3.63, 3.8) is 0 Å². The molecule has 0 unspecified atom stereocenters. The third-order valence-electron chi connectivity index (χ3n) is 2.57. The second-order valence-corrected chi connectivity index (χ2v) is 5.53. The van der Waals surface area contributed by atoms with E-state index in [1.54, 1.807) is 24.3 Å². The molecule has 0 spiro atoms. The number of hydrogen-bond acceptors (Lipinski definition) is 4. The van der Waals surface area contributed by atoms with Gasteiger partial charge in [-0.25, -0.2) is 4.79 Å². The average Bonchev–Trinajstić information content (AvgIpc) is 2.42. The Morgan fingerprint density at radius 1 is 1.35 bits per heavy atom. The number of rotatable bonds is 7. The first-order chi connectivity index (χ1) is 9.52. The fraction of sp³-hybridized carbons (Fsp3) is 0.385. The van der Waals surface area contributed by atoms with E-state index in [9.17, 15) is 14.7 Å². The van der Waals surface area contributed by atoms with Crippen LogP contribution < -0.4 is 15.7 Å². The van der Waals surface area contributed by atoms with Crippen LogP contribution in [0.4, 0.5) is 4.79 Å². The van der Waals surface area contributed by atoms with Gasteiger partial charge in [-0.1, -0.05) is 23.7 Å². The van der Waals surface area contributed by atoms with Crippen molar-refractivity contribution < 1.29 is 14.7 Å². The normalized spacial score (nSPS) is 11.7. The molecule has 5 nitrogen and oxygen atoms in total. The molecule has 0 saturated carbocycles. The third kappa shape index (κ3) is 6.16. The monoisotopic (exact) mass is 315 g/mol. The minimum absolute atomic E-state index is 0.297. The first-order valence-corrected chi connectivity index (χ1v) is 7.78. The molecule has 0 fully saturated rings. The number of benzene rings is 1. The number of aliphatic carboxylic acids is 1. The van der Waals surface area contributed by atoms with E-state index in [0.29, 0.717) is 23.7 Å². The van der Waals surface area contributed by atoms with E-state index in [2.05, 4.69) is 10.6 Å². The lowest BCUT2D eigenvalue weighted by atomic mass is 10.2. The van der Waals surface area contributed by atoms with E-state index >= 15 is 0 Å². The minimum atomic E-state index is -1.28. The van der Waals surface area contributed by atoms with Gasteiger partial charge in [-0.15, -0.1) is 0 Å². The Bertz CT molecular complexity index is 453. The summed E-state index contributed by atoms with van der Waals surface area (Å²) in [6.45, 7) is 0.297. The Kier molecular flexibility index (Phi) is 7.25. The third-order valence-corrected chi connectivity index (χ3v) is 3.46. The number of carbonyl (C=O) groups excluding carboxylic acids is 2. The molecule has 0 aromatic heterocycles. The van der Waals surface area contributed by atoms with Gasteiger partial charge in [-0.3, -0.25) is 0 Å². The molecule has 0 heterocycles. The minimum Gasteiger partial charge on any atom is -0.548 e. The molecule has 1 aromatic rings. The van der Waals surface area contributed by atoms with Crippen molar-refractivity contribution in [2.24, 2.45) is 0 Å². The number of nitrogens with one attached hydrogen (secondary N) is 2. The van der Waals surface area contributed by atoms with E-state index < -0.39 is 18.0 Å². The molecule has 0 bridgehead atoms. The van der Waals surface area contributed by atoms with Gasteiger partial charge < -0.3 is 20.5 Å². The molecule has 0 aliphatic carbocycles. The molecule has 1 rings (SSSR count). The lowest BCUT2D eigenvalue weighted by molar-refractivity contribution is -0.308. The Labute approximate surface area is 127 Å². The first-order valence-electron chi connectivity index (χ1n) is 6.01. The molecular weight excluding hydrogens is 300 g/mol. The number of carbonyl (C=O) groups is 2. The van der Waals surface area contributed by atoms with Crippen molar-refractivity contribution in [2.75, 3.05) is 12.0 Å². The van der Waals surface area contributed by atoms with Gasteiger partial charge in [0.25, 0.3) is 0 Å². The molecular formula is C13H16ClN2O3S-. The van der Waals surface area contributed by atoms with Crippen molar-refractivity contribution in [3.8, 4) is 0 Å². The van der Waals surface area contributed by atoms with Crippen LogP contribution in [0.1, 0.15) is 12.0 Å². The second kappa shape index (κ2) is 8.71. The quantitative estimate of drug-likeness (QED) is 0.787. The summed E-state index contributed by atoms with van der Waals surface area (Å²) in [5.41, 5.74) is 0.874. The maximum atomic E-state index is 11.6. The zero-order valence-electron chi connectivity index (χ0n) is 11.0. The van der Waals surface area contributed by atoms with Crippen LogP contribution in [0.25, 0.3) is 0 Å². The highest BCUT2D eigenvalue weighted by Crippen LogP contribution is 2.09. The molecule has 1 aromatic carbocycles. The average molecular weight is 316 g/mol. The van der Waals surface area contributed by atoms with Crippen LogP contribution in [0.15, 0.2) is 24.3 Å². The van der Waals surface area contributed by atoms with Gasteiger partial charge in [-0.05, 0) is 36.1 Å². The summed E-state index contributed by atoms with van der Waals surface area (Å²) in [6.07, 6.45) is 2.20. The predicted molar refractivity (Wildman–Crippen MR) is 78.6 cm³/mol. The number of thioether (sulfide) groups is 1. The van der Waals surface area contributed by atoms with Crippen molar-refractivity contribution in [1.82, 2.24) is 10.6 Å². The van der Waals surface area contributed by atoms with Gasteiger partial charge in [0.15, 0.2) is 0 Å². The van der Waals surface area contributed by atoms with Gasteiger partial charge in [0.1, 0.15) is 0 Å². The van der Waals surface area contributed by atoms with Gasteiger partial charge in [-0.2, -0.15) is 11.8 Å². The summed E-state index contributed by atoms with van der Waals surface area (Å²) in [5, 5.41) is 16.5. The fourth-order valence-corrected chi connectivity index (χ4v) is 2.08. The SMILES string of the molecule is CSCC[C@H](NC(=O)NCc1ccc(Cl)cc1)C(=O)[O-]. The highest BCUT2D eigenvalue weighted by atomic mass is 35.5. The summed E-state index contributed by atoms with van der Waals surface area (Å²) in [4.78, 5) is 22.5. The molecule has 0 aliphatic rings. The highest BCUT2D eigenvalue weighted by Gasteiger charge is 2.12. The highest BCUT2D eigenvalue weighted by molar-refractivity contribution is 7.98. The van der Waals surface area contributed by atoms with Gasteiger partial charge >= 0.3 is 6.03 Å². The topological polar surface area (TPSA) is 81.3 Å². The summed E-state index contributed by atoms with van der Waals surface area (Å²) in [7, 11) is 0. The van der Waals surface area contributed by atoms with E-state index in [-0.39, 0.29) is 0 Å². The summed E-state index contributed by atoms with van der Waals surface area (Å²) < 4.78 is 0. The van der Waals surface area contributed by atoms with E-state index in [1.807, 2.05) is 6.26 Å². The number of carboxylic acids is 1. The van der Waals surface area contributed by atoms with E-state index in [0.717, 1.165) is 5.56 Å².